The predicted octanol–water partition coefficient (Wildman–Crippen LogP) is 1.34. The maximum atomic E-state index is 12.2. The van der Waals surface area contributed by atoms with Crippen molar-refractivity contribution in [3.05, 3.63) is 35.4 Å². The minimum Gasteiger partial charge on any atom is -0.336 e. The number of piperazine rings is 1. The largest absolute Gasteiger partial charge is 0.336 e. The lowest BCUT2D eigenvalue weighted by Gasteiger charge is -2.34. The van der Waals surface area contributed by atoms with Gasteiger partial charge in [0.05, 0.1) is 11.6 Å². The highest BCUT2D eigenvalue weighted by molar-refractivity contribution is 5.94. The zero-order valence-corrected chi connectivity index (χ0v) is 10.6. The van der Waals surface area contributed by atoms with Crippen molar-refractivity contribution in [3.63, 3.8) is 0 Å². The average molecular weight is 243 g/mol. The molecule has 2 rings (SSSR count). The number of nitriles is 1. The quantitative estimate of drug-likeness (QED) is 0.787. The normalized spacial score (nSPS) is 16.3. The van der Waals surface area contributed by atoms with E-state index in [-0.39, 0.29) is 5.91 Å². The highest BCUT2D eigenvalue weighted by Gasteiger charge is 2.20. The molecule has 1 aliphatic heterocycles. The van der Waals surface area contributed by atoms with Crippen LogP contribution >= 0.6 is 0 Å². The lowest BCUT2D eigenvalue weighted by Crippen LogP contribution is -2.48. The zero-order valence-electron chi connectivity index (χ0n) is 10.6. The van der Waals surface area contributed by atoms with Crippen LogP contribution in [0.4, 0.5) is 0 Å². The van der Waals surface area contributed by atoms with Crippen LogP contribution in [0.25, 0.3) is 0 Å². The first-order chi connectivity index (χ1) is 8.74. The molecule has 4 nitrogen and oxygen atoms in total. The molecule has 0 unspecified atom stereocenters. The van der Waals surface area contributed by atoms with E-state index in [0.717, 1.165) is 32.7 Å². The van der Waals surface area contributed by atoms with Crippen molar-refractivity contribution >= 4 is 5.91 Å². The molecule has 1 fully saturated rings. The van der Waals surface area contributed by atoms with E-state index in [1.165, 1.54) is 0 Å². The topological polar surface area (TPSA) is 47.3 Å². The first-order valence-corrected chi connectivity index (χ1v) is 6.26. The molecule has 94 valence electrons. The molecule has 1 saturated heterocycles. The van der Waals surface area contributed by atoms with E-state index in [9.17, 15) is 4.79 Å². The molecule has 0 atom stereocenters. The molecule has 1 aromatic rings. The second-order valence-electron chi connectivity index (χ2n) is 4.42. The van der Waals surface area contributed by atoms with E-state index >= 15 is 0 Å². The van der Waals surface area contributed by atoms with Crippen LogP contribution in [-0.4, -0.2) is 48.4 Å². The highest BCUT2D eigenvalue weighted by Crippen LogP contribution is 2.10. The third kappa shape index (κ3) is 2.69. The number of hydrogen-bond donors (Lipinski definition) is 0. The smallest absolute Gasteiger partial charge is 0.253 e. The van der Waals surface area contributed by atoms with Crippen LogP contribution in [0.3, 0.4) is 0 Å². The second-order valence-corrected chi connectivity index (χ2v) is 4.42. The number of hydrogen-bond acceptors (Lipinski definition) is 3. The van der Waals surface area contributed by atoms with Gasteiger partial charge < -0.3 is 9.80 Å². The van der Waals surface area contributed by atoms with Gasteiger partial charge in [0, 0.05) is 31.7 Å². The SMILES string of the molecule is CCN1CCN(C(=O)c2ccc(C#N)cc2)CC1. The fourth-order valence-electron chi connectivity index (χ4n) is 2.14. The average Bonchev–Trinajstić information content (AvgIpc) is 2.47. The number of rotatable bonds is 2. The van der Waals surface area contributed by atoms with Crippen LogP contribution < -0.4 is 0 Å². The van der Waals surface area contributed by atoms with Crippen LogP contribution in [0, 0.1) is 11.3 Å². The van der Waals surface area contributed by atoms with Crippen molar-refractivity contribution in [1.82, 2.24) is 9.80 Å². The molecule has 1 aromatic carbocycles. The van der Waals surface area contributed by atoms with Gasteiger partial charge in [-0.3, -0.25) is 4.79 Å². The molecule has 18 heavy (non-hydrogen) atoms. The van der Waals surface area contributed by atoms with Crippen LogP contribution in [-0.2, 0) is 0 Å². The molecular formula is C14H17N3O. The minimum atomic E-state index is 0.0650. The Morgan fingerprint density at radius 1 is 1.22 bits per heavy atom. The van der Waals surface area contributed by atoms with Gasteiger partial charge in [-0.15, -0.1) is 0 Å². The Bertz CT molecular complexity index is 453. The Kier molecular flexibility index (Phi) is 3.96. The van der Waals surface area contributed by atoms with Crippen LogP contribution in [0.15, 0.2) is 24.3 Å². The summed E-state index contributed by atoms with van der Waals surface area (Å²) >= 11 is 0. The zero-order chi connectivity index (χ0) is 13.0. The fraction of sp³-hybridized carbons (Fsp3) is 0.429. The van der Waals surface area contributed by atoms with Gasteiger partial charge in [-0.05, 0) is 30.8 Å². The van der Waals surface area contributed by atoms with E-state index < -0.39 is 0 Å². The number of benzene rings is 1. The molecule has 0 saturated carbocycles. The first kappa shape index (κ1) is 12.6. The molecule has 0 radical (unpaired) electrons. The Morgan fingerprint density at radius 3 is 2.33 bits per heavy atom. The maximum absolute atomic E-state index is 12.2. The van der Waals surface area contributed by atoms with Gasteiger partial charge in [-0.2, -0.15) is 5.26 Å². The molecular weight excluding hydrogens is 226 g/mol. The van der Waals surface area contributed by atoms with Crippen molar-refractivity contribution in [3.8, 4) is 6.07 Å². The minimum absolute atomic E-state index is 0.0650. The van der Waals surface area contributed by atoms with Gasteiger partial charge in [-0.25, -0.2) is 0 Å². The van der Waals surface area contributed by atoms with Gasteiger partial charge in [0.25, 0.3) is 5.91 Å². The third-order valence-corrected chi connectivity index (χ3v) is 3.37. The van der Waals surface area contributed by atoms with E-state index in [1.807, 2.05) is 4.90 Å². The summed E-state index contributed by atoms with van der Waals surface area (Å²) in [5.74, 6) is 0.0650. The molecule has 4 heteroatoms. The summed E-state index contributed by atoms with van der Waals surface area (Å²) in [5.41, 5.74) is 1.25. The number of likely N-dealkylation sites (N-methyl/N-ethyl adjacent to an activating group) is 1. The monoisotopic (exact) mass is 243 g/mol. The Labute approximate surface area is 107 Å². The summed E-state index contributed by atoms with van der Waals surface area (Å²) in [7, 11) is 0. The van der Waals surface area contributed by atoms with Crippen molar-refractivity contribution in [1.29, 1.82) is 5.26 Å². The number of nitrogens with zero attached hydrogens (tertiary/aromatic N) is 3. The Hall–Kier alpha value is -1.86. The van der Waals surface area contributed by atoms with Crippen molar-refractivity contribution < 1.29 is 4.79 Å². The van der Waals surface area contributed by atoms with Gasteiger partial charge in [0.1, 0.15) is 0 Å². The van der Waals surface area contributed by atoms with Gasteiger partial charge in [0.2, 0.25) is 0 Å². The molecule has 0 spiro atoms. The molecule has 1 heterocycles. The third-order valence-electron chi connectivity index (χ3n) is 3.37. The number of amides is 1. The number of carbonyl (C=O) groups excluding carboxylic acids is 1. The van der Waals surface area contributed by atoms with Crippen LogP contribution in [0.2, 0.25) is 0 Å². The van der Waals surface area contributed by atoms with Crippen molar-refractivity contribution in [2.75, 3.05) is 32.7 Å². The summed E-state index contributed by atoms with van der Waals surface area (Å²) in [4.78, 5) is 16.4. The number of carbonyl (C=O) groups is 1. The van der Waals surface area contributed by atoms with Gasteiger partial charge in [0.15, 0.2) is 0 Å². The summed E-state index contributed by atoms with van der Waals surface area (Å²) < 4.78 is 0. The molecule has 1 aliphatic rings. The summed E-state index contributed by atoms with van der Waals surface area (Å²) in [6.45, 7) is 6.63. The van der Waals surface area contributed by atoms with E-state index in [1.54, 1.807) is 24.3 Å². The molecule has 0 N–H and O–H groups in total. The first-order valence-electron chi connectivity index (χ1n) is 6.26. The van der Waals surface area contributed by atoms with Crippen LogP contribution in [0.5, 0.6) is 0 Å². The van der Waals surface area contributed by atoms with Crippen molar-refractivity contribution in [2.24, 2.45) is 0 Å². The van der Waals surface area contributed by atoms with Gasteiger partial charge in [-0.1, -0.05) is 6.92 Å². The fourth-order valence-corrected chi connectivity index (χ4v) is 2.14. The molecule has 0 aliphatic carbocycles. The van der Waals surface area contributed by atoms with E-state index in [4.69, 9.17) is 5.26 Å². The Morgan fingerprint density at radius 2 is 1.83 bits per heavy atom. The summed E-state index contributed by atoms with van der Waals surface area (Å²) in [6.07, 6.45) is 0. The second kappa shape index (κ2) is 5.65. The lowest BCUT2D eigenvalue weighted by molar-refractivity contribution is 0.0643. The summed E-state index contributed by atoms with van der Waals surface area (Å²) in [5, 5.41) is 8.72. The summed E-state index contributed by atoms with van der Waals surface area (Å²) in [6, 6.07) is 8.89. The molecule has 0 aromatic heterocycles. The molecule has 0 bridgehead atoms. The van der Waals surface area contributed by atoms with E-state index in [0.29, 0.717) is 11.1 Å². The Balaban J connectivity index is 2.01. The lowest BCUT2D eigenvalue weighted by atomic mass is 10.1. The highest BCUT2D eigenvalue weighted by atomic mass is 16.2. The standard InChI is InChI=1S/C14H17N3O/c1-2-16-7-9-17(10-8-16)14(18)13-5-3-12(11-15)4-6-13/h3-6H,2,7-10H2,1H3. The molecule has 1 amide bonds. The van der Waals surface area contributed by atoms with Crippen molar-refractivity contribution in [2.45, 2.75) is 6.92 Å². The maximum Gasteiger partial charge on any atom is 0.253 e. The predicted molar refractivity (Wildman–Crippen MR) is 69.2 cm³/mol. The van der Waals surface area contributed by atoms with Gasteiger partial charge >= 0.3 is 0 Å². The van der Waals surface area contributed by atoms with E-state index in [2.05, 4.69) is 17.9 Å². The van der Waals surface area contributed by atoms with Crippen LogP contribution in [0.1, 0.15) is 22.8 Å².